The molecule has 0 saturated heterocycles. The van der Waals surface area contributed by atoms with Crippen LogP contribution in [0.2, 0.25) is 0 Å². The molecule has 0 fully saturated rings. The van der Waals surface area contributed by atoms with Crippen molar-refractivity contribution in [3.05, 3.63) is 35.9 Å². The first-order chi connectivity index (χ1) is 8.67. The number of hydrogen-bond donors (Lipinski definition) is 2. The fourth-order valence-corrected chi connectivity index (χ4v) is 1.68. The Morgan fingerprint density at radius 2 is 2.11 bits per heavy atom. The monoisotopic (exact) mass is 245 g/mol. The van der Waals surface area contributed by atoms with Gasteiger partial charge in [-0.2, -0.15) is 5.26 Å². The first kappa shape index (κ1) is 14.2. The number of carbonyl (C=O) groups excluding carboxylic acids is 1. The van der Waals surface area contributed by atoms with Crippen LogP contribution in [0.25, 0.3) is 0 Å². The fraction of sp³-hybridized carbons (Fsp3) is 0.429. The lowest BCUT2D eigenvalue weighted by molar-refractivity contribution is -0.123. The third-order valence-electron chi connectivity index (χ3n) is 2.81. The minimum absolute atomic E-state index is 0.107. The summed E-state index contributed by atoms with van der Waals surface area (Å²) in [5.41, 5.74) is 6.89. The van der Waals surface area contributed by atoms with Crippen LogP contribution in [0.4, 0.5) is 0 Å². The van der Waals surface area contributed by atoms with Gasteiger partial charge in [0.1, 0.15) is 0 Å². The van der Waals surface area contributed by atoms with Gasteiger partial charge in [-0.3, -0.25) is 4.79 Å². The normalized spacial score (nSPS) is 13.4. The van der Waals surface area contributed by atoms with Crippen LogP contribution < -0.4 is 11.1 Å². The summed E-state index contributed by atoms with van der Waals surface area (Å²) in [6, 6.07) is 11.0. The molecule has 4 nitrogen and oxygen atoms in total. The molecule has 2 atom stereocenters. The van der Waals surface area contributed by atoms with Crippen LogP contribution in [0, 0.1) is 11.3 Å². The highest BCUT2D eigenvalue weighted by Gasteiger charge is 2.17. The van der Waals surface area contributed by atoms with Crippen LogP contribution in [0.5, 0.6) is 0 Å². The molecule has 1 aromatic rings. The third kappa shape index (κ3) is 4.56. The second-order valence-corrected chi connectivity index (χ2v) is 4.27. The lowest BCUT2D eigenvalue weighted by Gasteiger charge is -2.17. The number of rotatable bonds is 6. The molecule has 0 aromatic heterocycles. The third-order valence-corrected chi connectivity index (χ3v) is 2.81. The van der Waals surface area contributed by atoms with Crippen LogP contribution in [0.1, 0.15) is 25.3 Å². The minimum atomic E-state index is -0.569. The Morgan fingerprint density at radius 1 is 1.44 bits per heavy atom. The Bertz CT molecular complexity index is 411. The summed E-state index contributed by atoms with van der Waals surface area (Å²) in [6.07, 6.45) is 1.56. The second kappa shape index (κ2) is 7.46. The van der Waals surface area contributed by atoms with Crippen molar-refractivity contribution in [1.29, 1.82) is 5.26 Å². The Morgan fingerprint density at radius 3 is 2.67 bits per heavy atom. The van der Waals surface area contributed by atoms with Crippen molar-refractivity contribution in [1.82, 2.24) is 5.32 Å². The molecular formula is C14H19N3O. The molecular weight excluding hydrogens is 226 g/mol. The van der Waals surface area contributed by atoms with Crippen LogP contribution >= 0.6 is 0 Å². The fourth-order valence-electron chi connectivity index (χ4n) is 1.68. The van der Waals surface area contributed by atoms with Crippen molar-refractivity contribution in [2.75, 3.05) is 0 Å². The van der Waals surface area contributed by atoms with E-state index in [0.717, 1.165) is 12.0 Å². The largest absolute Gasteiger partial charge is 0.351 e. The molecule has 0 aliphatic carbocycles. The van der Waals surface area contributed by atoms with Crippen molar-refractivity contribution >= 4 is 5.91 Å². The first-order valence-electron chi connectivity index (χ1n) is 6.14. The van der Waals surface area contributed by atoms with Gasteiger partial charge < -0.3 is 11.1 Å². The van der Waals surface area contributed by atoms with Gasteiger partial charge in [0.05, 0.1) is 18.5 Å². The van der Waals surface area contributed by atoms with E-state index in [2.05, 4.69) is 11.4 Å². The number of nitriles is 1. The van der Waals surface area contributed by atoms with Crippen LogP contribution in [0.15, 0.2) is 30.3 Å². The highest BCUT2D eigenvalue weighted by atomic mass is 16.2. The number of nitrogens with one attached hydrogen (secondary N) is 1. The predicted octanol–water partition coefficient (Wildman–Crippen LogP) is 1.36. The van der Waals surface area contributed by atoms with Gasteiger partial charge in [-0.15, -0.1) is 0 Å². The highest BCUT2D eigenvalue weighted by Crippen LogP contribution is 2.03. The van der Waals surface area contributed by atoms with E-state index in [-0.39, 0.29) is 11.9 Å². The number of nitrogens with zero attached hydrogens (tertiary/aromatic N) is 1. The Hall–Kier alpha value is -1.86. The van der Waals surface area contributed by atoms with Crippen LogP contribution in [-0.4, -0.2) is 18.0 Å². The topological polar surface area (TPSA) is 78.9 Å². The molecule has 1 amide bonds. The average Bonchev–Trinajstić information content (AvgIpc) is 2.39. The van der Waals surface area contributed by atoms with E-state index in [0.29, 0.717) is 12.8 Å². The number of carbonyl (C=O) groups is 1. The van der Waals surface area contributed by atoms with Crippen LogP contribution in [0.3, 0.4) is 0 Å². The molecule has 96 valence electrons. The van der Waals surface area contributed by atoms with Crippen molar-refractivity contribution in [3.8, 4) is 6.07 Å². The van der Waals surface area contributed by atoms with Gasteiger partial charge in [0.15, 0.2) is 0 Å². The molecule has 0 spiro atoms. The van der Waals surface area contributed by atoms with E-state index < -0.39 is 6.04 Å². The molecule has 18 heavy (non-hydrogen) atoms. The standard InChI is InChI=1S/C14H19N3O/c1-2-12(8-9-15)17-14(18)13(16)10-11-6-4-3-5-7-11/h3-7,12-13H,2,8,10,16H2,1H3,(H,17,18). The molecule has 0 heterocycles. The van der Waals surface area contributed by atoms with Gasteiger partial charge in [0, 0.05) is 6.04 Å². The zero-order chi connectivity index (χ0) is 13.4. The molecule has 0 radical (unpaired) electrons. The van der Waals surface area contributed by atoms with E-state index >= 15 is 0 Å². The SMILES string of the molecule is CCC(CC#N)NC(=O)C(N)Cc1ccccc1. The molecule has 2 unspecified atom stereocenters. The van der Waals surface area contributed by atoms with Gasteiger partial charge in [-0.05, 0) is 18.4 Å². The number of nitrogens with two attached hydrogens (primary N) is 1. The average molecular weight is 245 g/mol. The summed E-state index contributed by atoms with van der Waals surface area (Å²) in [6.45, 7) is 1.94. The quantitative estimate of drug-likeness (QED) is 0.794. The molecule has 4 heteroatoms. The molecule has 0 aliphatic rings. The molecule has 0 saturated carbocycles. The number of benzene rings is 1. The molecule has 0 aliphatic heterocycles. The van der Waals surface area contributed by atoms with Gasteiger partial charge in [-0.1, -0.05) is 37.3 Å². The van der Waals surface area contributed by atoms with Crippen LogP contribution in [-0.2, 0) is 11.2 Å². The maximum Gasteiger partial charge on any atom is 0.237 e. The maximum absolute atomic E-state index is 11.8. The van der Waals surface area contributed by atoms with Gasteiger partial charge in [-0.25, -0.2) is 0 Å². The zero-order valence-corrected chi connectivity index (χ0v) is 10.6. The minimum Gasteiger partial charge on any atom is -0.351 e. The maximum atomic E-state index is 11.8. The molecule has 3 N–H and O–H groups in total. The van der Waals surface area contributed by atoms with E-state index in [9.17, 15) is 4.79 Å². The van der Waals surface area contributed by atoms with Gasteiger partial charge >= 0.3 is 0 Å². The Labute approximate surface area is 108 Å². The van der Waals surface area contributed by atoms with E-state index in [1.54, 1.807) is 0 Å². The molecule has 1 rings (SSSR count). The summed E-state index contributed by atoms with van der Waals surface area (Å²) in [7, 11) is 0. The van der Waals surface area contributed by atoms with Crippen molar-refractivity contribution in [2.24, 2.45) is 5.73 Å². The number of hydrogen-bond acceptors (Lipinski definition) is 3. The Balaban J connectivity index is 2.49. The summed E-state index contributed by atoms with van der Waals surface area (Å²) >= 11 is 0. The first-order valence-corrected chi connectivity index (χ1v) is 6.14. The highest BCUT2D eigenvalue weighted by molar-refractivity contribution is 5.82. The summed E-state index contributed by atoms with van der Waals surface area (Å²) in [5.74, 6) is -0.194. The lowest BCUT2D eigenvalue weighted by Crippen LogP contribution is -2.46. The van der Waals surface area contributed by atoms with Crippen molar-refractivity contribution in [3.63, 3.8) is 0 Å². The smallest absolute Gasteiger partial charge is 0.237 e. The molecule has 1 aromatic carbocycles. The zero-order valence-electron chi connectivity index (χ0n) is 10.6. The van der Waals surface area contributed by atoms with E-state index in [4.69, 9.17) is 11.0 Å². The summed E-state index contributed by atoms with van der Waals surface area (Å²) in [4.78, 5) is 11.8. The van der Waals surface area contributed by atoms with Crippen molar-refractivity contribution < 1.29 is 4.79 Å². The van der Waals surface area contributed by atoms with E-state index in [1.807, 2.05) is 37.3 Å². The summed E-state index contributed by atoms with van der Waals surface area (Å²) < 4.78 is 0. The lowest BCUT2D eigenvalue weighted by atomic mass is 10.1. The van der Waals surface area contributed by atoms with Gasteiger partial charge in [0.2, 0.25) is 5.91 Å². The van der Waals surface area contributed by atoms with E-state index in [1.165, 1.54) is 0 Å². The second-order valence-electron chi connectivity index (χ2n) is 4.27. The predicted molar refractivity (Wildman–Crippen MR) is 70.6 cm³/mol. The van der Waals surface area contributed by atoms with Crippen molar-refractivity contribution in [2.45, 2.75) is 38.3 Å². The molecule has 0 bridgehead atoms. The van der Waals surface area contributed by atoms with Gasteiger partial charge in [0.25, 0.3) is 0 Å². The Kier molecular flexibility index (Phi) is 5.89. The summed E-state index contributed by atoms with van der Waals surface area (Å²) in [5, 5.41) is 11.4. The number of amides is 1.